The van der Waals surface area contributed by atoms with Crippen LogP contribution in [0.25, 0.3) is 0 Å². The summed E-state index contributed by atoms with van der Waals surface area (Å²) in [6.45, 7) is 2.26. The summed E-state index contributed by atoms with van der Waals surface area (Å²) < 4.78 is 0. The number of hydrogen-bond acceptors (Lipinski definition) is 1. The van der Waals surface area contributed by atoms with Crippen molar-refractivity contribution in [3.63, 3.8) is 0 Å². The Morgan fingerprint density at radius 1 is 0.684 bits per heavy atom. The van der Waals surface area contributed by atoms with Crippen LogP contribution in [0.4, 0.5) is 0 Å². The Bertz CT molecular complexity index is 184. The van der Waals surface area contributed by atoms with E-state index >= 15 is 0 Å². The Kier molecular flexibility index (Phi) is 20.3. The van der Waals surface area contributed by atoms with E-state index in [0.717, 1.165) is 12.8 Å². The van der Waals surface area contributed by atoms with E-state index in [-0.39, 0.29) is 18.9 Å². The summed E-state index contributed by atoms with van der Waals surface area (Å²) in [4.78, 5) is 10.3. The van der Waals surface area contributed by atoms with Gasteiger partial charge in [0.15, 0.2) is 0 Å². The van der Waals surface area contributed by atoms with Crippen molar-refractivity contribution in [2.75, 3.05) is 0 Å². The van der Waals surface area contributed by atoms with E-state index in [9.17, 15) is 4.79 Å². The normalized spacial score (nSPS) is 10.2. The van der Waals surface area contributed by atoms with E-state index in [1.54, 1.807) is 0 Å². The Morgan fingerprint density at radius 3 is 1.32 bits per heavy atom. The van der Waals surface area contributed by atoms with Gasteiger partial charge in [0, 0.05) is 25.3 Å². The van der Waals surface area contributed by atoms with Gasteiger partial charge in [-0.3, -0.25) is 4.79 Å². The van der Waals surface area contributed by atoms with Gasteiger partial charge < -0.3 is 5.11 Å². The average Bonchev–Trinajstić information content (AvgIpc) is 2.34. The van der Waals surface area contributed by atoms with Crippen LogP contribution in [0.5, 0.6) is 0 Å². The first-order valence-electron chi connectivity index (χ1n) is 7.99. The van der Waals surface area contributed by atoms with Crippen molar-refractivity contribution >= 4 is 24.8 Å². The van der Waals surface area contributed by atoms with Crippen LogP contribution in [0.1, 0.15) is 96.8 Å². The quantitative estimate of drug-likeness (QED) is 0.346. The van der Waals surface area contributed by atoms with Crippen LogP contribution < -0.4 is 0 Å². The zero-order valence-electron chi connectivity index (χ0n) is 13.3. The molecular formula is C16H32LiO2. The Hall–Kier alpha value is 0.0674. The molecule has 0 rings (SSSR count). The average molecular weight is 263 g/mol. The number of hydrogen-bond donors (Lipinski definition) is 1. The number of unbranched alkanes of at least 4 members (excludes halogenated alkanes) is 12. The molecule has 0 aromatic rings. The van der Waals surface area contributed by atoms with Gasteiger partial charge in [0.05, 0.1) is 0 Å². The van der Waals surface area contributed by atoms with Crippen LogP contribution in [-0.2, 0) is 4.79 Å². The second-order valence-corrected chi connectivity index (χ2v) is 5.39. The molecule has 19 heavy (non-hydrogen) atoms. The predicted molar refractivity (Wildman–Crippen MR) is 83.7 cm³/mol. The molecule has 3 heteroatoms. The minimum Gasteiger partial charge on any atom is -0.481 e. The number of carboxylic acid groups (broad SMARTS) is 1. The van der Waals surface area contributed by atoms with Crippen molar-refractivity contribution in [1.82, 2.24) is 0 Å². The van der Waals surface area contributed by atoms with Crippen molar-refractivity contribution < 1.29 is 9.90 Å². The number of carbonyl (C=O) groups is 1. The SMILES string of the molecule is CCCCCCCCCCCCCCCC(=O)O.[Li]. The van der Waals surface area contributed by atoms with Crippen LogP contribution in [-0.4, -0.2) is 29.9 Å². The van der Waals surface area contributed by atoms with E-state index < -0.39 is 5.97 Å². The van der Waals surface area contributed by atoms with Crippen molar-refractivity contribution in [3.8, 4) is 0 Å². The maximum absolute atomic E-state index is 10.3. The smallest absolute Gasteiger partial charge is 0.303 e. The number of aliphatic carboxylic acids is 1. The van der Waals surface area contributed by atoms with E-state index in [4.69, 9.17) is 5.11 Å². The van der Waals surface area contributed by atoms with Crippen LogP contribution in [0, 0.1) is 0 Å². The molecule has 0 fully saturated rings. The monoisotopic (exact) mass is 263 g/mol. The summed E-state index contributed by atoms with van der Waals surface area (Å²) >= 11 is 0. The van der Waals surface area contributed by atoms with Gasteiger partial charge in [-0.05, 0) is 6.42 Å². The first-order chi connectivity index (χ1) is 8.77. The fourth-order valence-corrected chi connectivity index (χ4v) is 2.29. The molecule has 0 unspecified atom stereocenters. The molecular weight excluding hydrogens is 231 g/mol. The molecule has 0 aliphatic carbocycles. The molecule has 0 atom stereocenters. The van der Waals surface area contributed by atoms with Crippen LogP contribution in [0.3, 0.4) is 0 Å². The molecule has 109 valence electrons. The summed E-state index contributed by atoms with van der Waals surface area (Å²) in [5.41, 5.74) is 0. The molecule has 0 saturated carbocycles. The number of carboxylic acids is 1. The minimum absolute atomic E-state index is 0. The molecule has 0 spiro atoms. The van der Waals surface area contributed by atoms with Crippen LogP contribution in [0.15, 0.2) is 0 Å². The molecule has 0 aromatic carbocycles. The van der Waals surface area contributed by atoms with E-state index in [2.05, 4.69) is 6.92 Å². The van der Waals surface area contributed by atoms with Gasteiger partial charge in [0.1, 0.15) is 0 Å². The third-order valence-electron chi connectivity index (χ3n) is 3.49. The van der Waals surface area contributed by atoms with Crippen molar-refractivity contribution in [1.29, 1.82) is 0 Å². The van der Waals surface area contributed by atoms with E-state index in [1.165, 1.54) is 70.6 Å². The standard InChI is InChI=1S/C16H32O2.Li/c1-2-3-4-5-6-7-8-9-10-11-12-13-14-15-16(17)18;/h2-15H2,1H3,(H,17,18);. The van der Waals surface area contributed by atoms with Gasteiger partial charge >= 0.3 is 5.97 Å². The summed E-state index contributed by atoms with van der Waals surface area (Å²) in [5.74, 6) is -0.655. The largest absolute Gasteiger partial charge is 0.481 e. The van der Waals surface area contributed by atoms with Gasteiger partial charge in [-0.2, -0.15) is 0 Å². The van der Waals surface area contributed by atoms with E-state index in [0.29, 0.717) is 6.42 Å². The molecule has 1 radical (unpaired) electrons. The van der Waals surface area contributed by atoms with Crippen LogP contribution in [0.2, 0.25) is 0 Å². The third-order valence-corrected chi connectivity index (χ3v) is 3.49. The Labute approximate surface area is 131 Å². The maximum atomic E-state index is 10.3. The summed E-state index contributed by atoms with van der Waals surface area (Å²) in [6, 6.07) is 0. The second-order valence-electron chi connectivity index (χ2n) is 5.39. The molecule has 0 aromatic heterocycles. The van der Waals surface area contributed by atoms with Gasteiger partial charge in [-0.1, -0.05) is 84.0 Å². The molecule has 0 aliphatic rings. The van der Waals surface area contributed by atoms with E-state index in [1.807, 2.05) is 0 Å². The first kappa shape index (κ1) is 21.4. The predicted octanol–water partition coefficient (Wildman–Crippen LogP) is 5.17. The third kappa shape index (κ3) is 20.5. The maximum Gasteiger partial charge on any atom is 0.303 e. The van der Waals surface area contributed by atoms with Crippen molar-refractivity contribution in [2.45, 2.75) is 96.8 Å². The Balaban J connectivity index is 0. The zero-order chi connectivity index (χ0) is 13.5. The summed E-state index contributed by atoms with van der Waals surface area (Å²) in [5, 5.41) is 8.49. The zero-order valence-corrected chi connectivity index (χ0v) is 13.3. The summed E-state index contributed by atoms with van der Waals surface area (Å²) in [6.07, 6.45) is 17.3. The number of rotatable bonds is 14. The first-order valence-corrected chi connectivity index (χ1v) is 7.99. The topological polar surface area (TPSA) is 37.3 Å². The molecule has 0 heterocycles. The van der Waals surface area contributed by atoms with Gasteiger partial charge in [0.2, 0.25) is 0 Å². The van der Waals surface area contributed by atoms with Crippen molar-refractivity contribution in [2.24, 2.45) is 0 Å². The second kappa shape index (κ2) is 18.1. The van der Waals surface area contributed by atoms with Gasteiger partial charge in [0.25, 0.3) is 0 Å². The van der Waals surface area contributed by atoms with Crippen LogP contribution >= 0.6 is 0 Å². The fraction of sp³-hybridized carbons (Fsp3) is 0.938. The molecule has 0 bridgehead atoms. The van der Waals surface area contributed by atoms with Gasteiger partial charge in [-0.25, -0.2) is 0 Å². The molecule has 0 aliphatic heterocycles. The minimum atomic E-state index is -0.655. The molecule has 1 N–H and O–H groups in total. The molecule has 0 amide bonds. The van der Waals surface area contributed by atoms with Crippen molar-refractivity contribution in [3.05, 3.63) is 0 Å². The summed E-state index contributed by atoms with van der Waals surface area (Å²) in [7, 11) is 0. The van der Waals surface area contributed by atoms with Gasteiger partial charge in [-0.15, -0.1) is 0 Å². The molecule has 2 nitrogen and oxygen atoms in total. The Morgan fingerprint density at radius 2 is 1.00 bits per heavy atom. The fourth-order valence-electron chi connectivity index (χ4n) is 2.29. The molecule has 0 saturated heterocycles.